The first-order valence-electron chi connectivity index (χ1n) is 9.08. The molecule has 27 heavy (non-hydrogen) atoms. The number of halogens is 1. The molecule has 1 heterocycles. The number of benzene rings is 2. The van der Waals surface area contributed by atoms with Gasteiger partial charge in [0.25, 0.3) is 0 Å². The average molecular weight is 385 g/mol. The summed E-state index contributed by atoms with van der Waals surface area (Å²) in [6.45, 7) is 6.33. The van der Waals surface area contributed by atoms with Gasteiger partial charge >= 0.3 is 0 Å². The Morgan fingerprint density at radius 1 is 1.15 bits per heavy atom. The fraction of sp³-hybridized carbons (Fsp3) is 0.318. The quantitative estimate of drug-likeness (QED) is 0.580. The van der Waals surface area contributed by atoms with Crippen molar-refractivity contribution in [2.75, 3.05) is 7.11 Å². The standard InChI is InChI=1S/C22H25FN2OS/c1-14(12-17-6-5-7-19(23)13-17)24-15(2)21-16(3)25-22(27-21)18-8-10-20(26-4)11-9-18/h5-11,13-15,24H,12H2,1-4H3. The normalized spacial score (nSPS) is 13.4. The van der Waals surface area contributed by atoms with E-state index in [1.54, 1.807) is 30.6 Å². The van der Waals surface area contributed by atoms with Gasteiger partial charge < -0.3 is 10.1 Å². The zero-order valence-corrected chi connectivity index (χ0v) is 16.9. The molecule has 3 nitrogen and oxygen atoms in total. The summed E-state index contributed by atoms with van der Waals surface area (Å²) >= 11 is 1.71. The molecule has 0 saturated heterocycles. The Morgan fingerprint density at radius 3 is 2.56 bits per heavy atom. The summed E-state index contributed by atoms with van der Waals surface area (Å²) in [6, 6.07) is 15.2. The number of hydrogen-bond acceptors (Lipinski definition) is 4. The zero-order chi connectivity index (χ0) is 19.4. The molecule has 0 aliphatic carbocycles. The second-order valence-corrected chi connectivity index (χ2v) is 7.85. The lowest BCUT2D eigenvalue weighted by atomic mass is 10.1. The molecular formula is C22H25FN2OS. The number of rotatable bonds is 7. The van der Waals surface area contributed by atoms with E-state index < -0.39 is 0 Å². The number of thiazole rings is 1. The minimum absolute atomic E-state index is 0.179. The first kappa shape index (κ1) is 19.5. The Hall–Kier alpha value is -2.24. The van der Waals surface area contributed by atoms with Crippen molar-refractivity contribution in [3.05, 3.63) is 70.5 Å². The molecule has 0 bridgehead atoms. The molecule has 0 fully saturated rings. The zero-order valence-electron chi connectivity index (χ0n) is 16.1. The van der Waals surface area contributed by atoms with E-state index in [0.29, 0.717) is 0 Å². The molecule has 1 N–H and O–H groups in total. The Labute approximate surface area is 164 Å². The molecular weight excluding hydrogens is 359 g/mol. The maximum atomic E-state index is 13.4. The van der Waals surface area contributed by atoms with Crippen LogP contribution >= 0.6 is 11.3 Å². The number of hydrogen-bond donors (Lipinski definition) is 1. The molecule has 0 saturated carbocycles. The van der Waals surface area contributed by atoms with Crippen LogP contribution in [-0.4, -0.2) is 18.1 Å². The van der Waals surface area contributed by atoms with Crippen LogP contribution in [-0.2, 0) is 6.42 Å². The molecule has 2 unspecified atom stereocenters. The van der Waals surface area contributed by atoms with Gasteiger partial charge in [-0.05, 0) is 69.2 Å². The van der Waals surface area contributed by atoms with Gasteiger partial charge in [0, 0.05) is 22.5 Å². The highest BCUT2D eigenvalue weighted by atomic mass is 32.1. The maximum absolute atomic E-state index is 13.4. The topological polar surface area (TPSA) is 34.1 Å². The summed E-state index contributed by atoms with van der Waals surface area (Å²) in [5.41, 5.74) is 3.14. The molecule has 1 aromatic heterocycles. The highest BCUT2D eigenvalue weighted by molar-refractivity contribution is 7.15. The molecule has 142 valence electrons. The van der Waals surface area contributed by atoms with Crippen LogP contribution in [0, 0.1) is 12.7 Å². The molecule has 0 radical (unpaired) electrons. The Kier molecular flexibility index (Phi) is 6.24. The van der Waals surface area contributed by atoms with Gasteiger partial charge in [0.15, 0.2) is 0 Å². The van der Waals surface area contributed by atoms with Gasteiger partial charge in [0.05, 0.1) is 12.8 Å². The monoisotopic (exact) mass is 384 g/mol. The van der Waals surface area contributed by atoms with Crippen molar-refractivity contribution in [2.24, 2.45) is 0 Å². The first-order valence-corrected chi connectivity index (χ1v) is 9.90. The fourth-order valence-electron chi connectivity index (χ4n) is 3.25. The van der Waals surface area contributed by atoms with Crippen molar-refractivity contribution >= 4 is 11.3 Å². The summed E-state index contributed by atoms with van der Waals surface area (Å²) in [5, 5.41) is 4.63. The van der Waals surface area contributed by atoms with Gasteiger partial charge in [0.2, 0.25) is 0 Å². The molecule has 2 atom stereocenters. The summed E-state index contributed by atoms with van der Waals surface area (Å²) in [5.74, 6) is 0.656. The lowest BCUT2D eigenvalue weighted by molar-refractivity contribution is 0.415. The van der Waals surface area contributed by atoms with Gasteiger partial charge in [-0.15, -0.1) is 11.3 Å². The number of aryl methyl sites for hydroxylation is 1. The third kappa shape index (κ3) is 4.93. The summed E-state index contributed by atoms with van der Waals surface area (Å²) < 4.78 is 18.6. The van der Waals surface area contributed by atoms with Crippen LogP contribution in [0.2, 0.25) is 0 Å². The van der Waals surface area contributed by atoms with Crippen LogP contribution < -0.4 is 10.1 Å². The molecule has 5 heteroatoms. The van der Waals surface area contributed by atoms with Crippen LogP contribution in [0.1, 0.15) is 36.0 Å². The summed E-state index contributed by atoms with van der Waals surface area (Å²) in [7, 11) is 1.67. The Balaban J connectivity index is 1.69. The molecule has 0 spiro atoms. The van der Waals surface area contributed by atoms with Gasteiger partial charge in [0.1, 0.15) is 16.6 Å². The number of nitrogens with zero attached hydrogens (tertiary/aromatic N) is 1. The SMILES string of the molecule is COc1ccc(-c2nc(C)c(C(C)NC(C)Cc3cccc(F)c3)s2)cc1. The van der Waals surface area contributed by atoms with Crippen LogP contribution in [0.25, 0.3) is 10.6 Å². The average Bonchev–Trinajstić information content (AvgIpc) is 3.03. The molecule has 0 aliphatic rings. The largest absolute Gasteiger partial charge is 0.497 e. The molecule has 0 aliphatic heterocycles. The van der Waals surface area contributed by atoms with Crippen LogP contribution in [0.4, 0.5) is 4.39 Å². The second-order valence-electron chi connectivity index (χ2n) is 6.82. The first-order chi connectivity index (χ1) is 13.0. The van der Waals surface area contributed by atoms with Gasteiger partial charge in [-0.1, -0.05) is 12.1 Å². The third-order valence-electron chi connectivity index (χ3n) is 4.53. The molecule has 3 aromatic rings. The Morgan fingerprint density at radius 2 is 1.89 bits per heavy atom. The lowest BCUT2D eigenvalue weighted by Gasteiger charge is -2.19. The number of methoxy groups -OCH3 is 1. The lowest BCUT2D eigenvalue weighted by Crippen LogP contribution is -2.30. The van der Waals surface area contributed by atoms with Crippen LogP contribution in [0.3, 0.4) is 0 Å². The summed E-state index contributed by atoms with van der Waals surface area (Å²) in [6.07, 6.45) is 0.783. The van der Waals surface area contributed by atoms with Crippen molar-refractivity contribution in [3.63, 3.8) is 0 Å². The van der Waals surface area contributed by atoms with Crippen molar-refractivity contribution in [3.8, 4) is 16.3 Å². The fourth-order valence-corrected chi connectivity index (χ4v) is 4.33. The predicted octanol–water partition coefficient (Wildman–Crippen LogP) is 5.55. The van der Waals surface area contributed by atoms with Gasteiger partial charge in [-0.3, -0.25) is 0 Å². The van der Waals surface area contributed by atoms with Crippen molar-refractivity contribution < 1.29 is 9.13 Å². The van der Waals surface area contributed by atoms with E-state index in [1.807, 2.05) is 37.3 Å². The van der Waals surface area contributed by atoms with Crippen molar-refractivity contribution in [1.82, 2.24) is 10.3 Å². The molecule has 3 rings (SSSR count). The van der Waals surface area contributed by atoms with E-state index in [-0.39, 0.29) is 17.9 Å². The van der Waals surface area contributed by atoms with E-state index in [9.17, 15) is 4.39 Å². The molecule has 0 amide bonds. The van der Waals surface area contributed by atoms with E-state index in [2.05, 4.69) is 19.2 Å². The van der Waals surface area contributed by atoms with Crippen molar-refractivity contribution in [1.29, 1.82) is 0 Å². The number of aromatic nitrogens is 1. The molecule has 2 aromatic carbocycles. The van der Waals surface area contributed by atoms with Gasteiger partial charge in [-0.2, -0.15) is 0 Å². The number of nitrogens with one attached hydrogen (secondary N) is 1. The third-order valence-corrected chi connectivity index (χ3v) is 5.92. The van der Waals surface area contributed by atoms with Crippen LogP contribution in [0.15, 0.2) is 48.5 Å². The minimum Gasteiger partial charge on any atom is -0.497 e. The minimum atomic E-state index is -0.185. The van der Waals surface area contributed by atoms with E-state index >= 15 is 0 Å². The highest BCUT2D eigenvalue weighted by Crippen LogP contribution is 2.32. The predicted molar refractivity (Wildman–Crippen MR) is 110 cm³/mol. The highest BCUT2D eigenvalue weighted by Gasteiger charge is 2.17. The number of ether oxygens (including phenoxy) is 1. The van der Waals surface area contributed by atoms with E-state index in [4.69, 9.17) is 9.72 Å². The van der Waals surface area contributed by atoms with E-state index in [0.717, 1.165) is 34.0 Å². The van der Waals surface area contributed by atoms with Crippen LogP contribution in [0.5, 0.6) is 5.75 Å². The smallest absolute Gasteiger partial charge is 0.123 e. The van der Waals surface area contributed by atoms with Crippen molar-refractivity contribution in [2.45, 2.75) is 39.3 Å². The summed E-state index contributed by atoms with van der Waals surface area (Å²) in [4.78, 5) is 5.98. The second kappa shape index (κ2) is 8.63. The Bertz CT molecular complexity index is 892. The van der Waals surface area contributed by atoms with Gasteiger partial charge in [-0.25, -0.2) is 9.37 Å². The maximum Gasteiger partial charge on any atom is 0.123 e. The van der Waals surface area contributed by atoms with E-state index in [1.165, 1.54) is 10.9 Å².